The van der Waals surface area contributed by atoms with Crippen LogP contribution in [0.4, 0.5) is 0 Å². The minimum Gasteiger partial charge on any atom is -0.316 e. The second-order valence-corrected chi connectivity index (χ2v) is 6.56. The molecule has 100 valence electrons. The highest BCUT2D eigenvalue weighted by Gasteiger charge is 2.27. The Kier molecular flexibility index (Phi) is 4.87. The van der Waals surface area contributed by atoms with Crippen LogP contribution in [0.25, 0.3) is 0 Å². The summed E-state index contributed by atoms with van der Waals surface area (Å²) in [6, 6.07) is 0.821. The fourth-order valence-electron chi connectivity index (χ4n) is 3.67. The first-order valence-electron chi connectivity index (χ1n) is 7.61. The maximum atomic E-state index is 3.55. The van der Waals surface area contributed by atoms with Crippen LogP contribution in [-0.2, 0) is 0 Å². The van der Waals surface area contributed by atoms with Gasteiger partial charge in [0, 0.05) is 12.6 Å². The van der Waals surface area contributed by atoms with Crippen LogP contribution in [0.15, 0.2) is 0 Å². The Labute approximate surface area is 107 Å². The van der Waals surface area contributed by atoms with Crippen LogP contribution in [-0.4, -0.2) is 37.1 Å². The van der Waals surface area contributed by atoms with Crippen LogP contribution in [0.5, 0.6) is 0 Å². The van der Waals surface area contributed by atoms with Gasteiger partial charge >= 0.3 is 0 Å². The molecule has 4 atom stereocenters. The highest BCUT2D eigenvalue weighted by molar-refractivity contribution is 4.81. The molecule has 0 aromatic heterocycles. The van der Waals surface area contributed by atoms with Crippen molar-refractivity contribution >= 4 is 0 Å². The molecule has 17 heavy (non-hydrogen) atoms. The molecule has 0 bridgehead atoms. The van der Waals surface area contributed by atoms with E-state index in [0.29, 0.717) is 0 Å². The molecule has 0 spiro atoms. The predicted octanol–water partition coefficient (Wildman–Crippen LogP) is 2.74. The van der Waals surface area contributed by atoms with Crippen LogP contribution in [0.2, 0.25) is 0 Å². The maximum absolute atomic E-state index is 3.55. The lowest BCUT2D eigenvalue weighted by Crippen LogP contribution is -2.35. The Morgan fingerprint density at radius 1 is 1.35 bits per heavy atom. The molecule has 0 amide bonds. The van der Waals surface area contributed by atoms with E-state index in [1.54, 1.807) is 0 Å². The molecule has 0 saturated carbocycles. The number of rotatable bonds is 4. The van der Waals surface area contributed by atoms with Crippen LogP contribution in [0.3, 0.4) is 0 Å². The van der Waals surface area contributed by atoms with Crippen molar-refractivity contribution in [2.75, 3.05) is 26.2 Å². The monoisotopic (exact) mass is 238 g/mol. The van der Waals surface area contributed by atoms with Crippen molar-refractivity contribution in [3.8, 4) is 0 Å². The fourth-order valence-corrected chi connectivity index (χ4v) is 3.67. The van der Waals surface area contributed by atoms with Gasteiger partial charge in [0.1, 0.15) is 0 Å². The summed E-state index contributed by atoms with van der Waals surface area (Å²) in [5, 5.41) is 3.55. The van der Waals surface area contributed by atoms with Crippen molar-refractivity contribution in [1.29, 1.82) is 0 Å². The van der Waals surface area contributed by atoms with Gasteiger partial charge < -0.3 is 10.2 Å². The van der Waals surface area contributed by atoms with Gasteiger partial charge in [0.2, 0.25) is 0 Å². The molecule has 0 aromatic carbocycles. The second-order valence-electron chi connectivity index (χ2n) is 6.56. The molecule has 2 fully saturated rings. The van der Waals surface area contributed by atoms with E-state index in [9.17, 15) is 0 Å². The van der Waals surface area contributed by atoms with Crippen molar-refractivity contribution in [3.63, 3.8) is 0 Å². The molecule has 2 aliphatic heterocycles. The molecule has 0 aromatic rings. The first-order valence-corrected chi connectivity index (χ1v) is 7.61. The summed E-state index contributed by atoms with van der Waals surface area (Å²) < 4.78 is 0. The minimum atomic E-state index is 0.821. The molecule has 2 heteroatoms. The van der Waals surface area contributed by atoms with E-state index in [4.69, 9.17) is 0 Å². The van der Waals surface area contributed by atoms with E-state index >= 15 is 0 Å². The van der Waals surface area contributed by atoms with E-state index in [1.807, 2.05) is 0 Å². The van der Waals surface area contributed by atoms with Crippen molar-refractivity contribution in [2.24, 2.45) is 17.8 Å². The molecule has 2 nitrogen and oxygen atoms in total. The van der Waals surface area contributed by atoms with Crippen LogP contribution < -0.4 is 5.32 Å². The van der Waals surface area contributed by atoms with Crippen LogP contribution in [0, 0.1) is 17.8 Å². The molecule has 0 aliphatic carbocycles. The van der Waals surface area contributed by atoms with Gasteiger partial charge in [-0.05, 0) is 70.0 Å². The number of hydrogen-bond acceptors (Lipinski definition) is 2. The molecule has 0 radical (unpaired) electrons. The van der Waals surface area contributed by atoms with E-state index in [2.05, 4.69) is 31.0 Å². The Bertz CT molecular complexity index is 223. The van der Waals surface area contributed by atoms with Crippen molar-refractivity contribution < 1.29 is 0 Å². The molecule has 2 aliphatic rings. The standard InChI is InChI=1S/C15H30N2/c1-12-9-14(3)17(11-12)8-6-13(2)15-5-4-7-16-10-15/h12-16H,4-11H2,1-3H3. The van der Waals surface area contributed by atoms with Crippen LogP contribution in [0.1, 0.15) is 46.5 Å². The second kappa shape index (κ2) is 6.19. The van der Waals surface area contributed by atoms with Crippen molar-refractivity contribution in [2.45, 2.75) is 52.5 Å². The zero-order chi connectivity index (χ0) is 12.3. The average molecular weight is 238 g/mol. The lowest BCUT2D eigenvalue weighted by Gasteiger charge is -2.30. The van der Waals surface area contributed by atoms with Gasteiger partial charge in [0.05, 0.1) is 0 Å². The van der Waals surface area contributed by atoms with E-state index in [0.717, 1.165) is 23.8 Å². The van der Waals surface area contributed by atoms with E-state index in [1.165, 1.54) is 51.9 Å². The van der Waals surface area contributed by atoms with Crippen molar-refractivity contribution in [1.82, 2.24) is 10.2 Å². The average Bonchev–Trinajstić information content (AvgIpc) is 2.66. The topological polar surface area (TPSA) is 15.3 Å². The largest absolute Gasteiger partial charge is 0.316 e. The zero-order valence-electron chi connectivity index (χ0n) is 11.9. The first-order chi connectivity index (χ1) is 8.16. The number of nitrogens with one attached hydrogen (secondary N) is 1. The molecule has 2 heterocycles. The Morgan fingerprint density at radius 2 is 2.18 bits per heavy atom. The number of piperidine rings is 1. The van der Waals surface area contributed by atoms with Crippen molar-refractivity contribution in [3.05, 3.63) is 0 Å². The lowest BCUT2D eigenvalue weighted by molar-refractivity contribution is 0.207. The molecule has 2 saturated heterocycles. The zero-order valence-corrected chi connectivity index (χ0v) is 11.9. The van der Waals surface area contributed by atoms with Gasteiger partial charge in [-0.1, -0.05) is 13.8 Å². The van der Waals surface area contributed by atoms with Gasteiger partial charge in [-0.25, -0.2) is 0 Å². The molecule has 2 rings (SSSR count). The SMILES string of the molecule is CC1CC(C)N(CCC(C)C2CCCNC2)C1. The minimum absolute atomic E-state index is 0.821. The molecule has 4 unspecified atom stereocenters. The molecule has 1 N–H and O–H groups in total. The highest BCUT2D eigenvalue weighted by atomic mass is 15.2. The quantitative estimate of drug-likeness (QED) is 0.810. The molecular formula is C15H30N2. The van der Waals surface area contributed by atoms with E-state index in [-0.39, 0.29) is 0 Å². The summed E-state index contributed by atoms with van der Waals surface area (Å²) in [4.78, 5) is 2.71. The highest BCUT2D eigenvalue weighted by Crippen LogP contribution is 2.26. The Balaban J connectivity index is 1.70. The number of likely N-dealkylation sites (tertiary alicyclic amines) is 1. The smallest absolute Gasteiger partial charge is 0.00700 e. The number of hydrogen-bond donors (Lipinski definition) is 1. The maximum Gasteiger partial charge on any atom is 0.00700 e. The Morgan fingerprint density at radius 3 is 2.76 bits per heavy atom. The lowest BCUT2D eigenvalue weighted by atomic mass is 9.85. The molecular weight excluding hydrogens is 208 g/mol. The van der Waals surface area contributed by atoms with Gasteiger partial charge in [-0.2, -0.15) is 0 Å². The summed E-state index contributed by atoms with van der Waals surface area (Å²) in [5.41, 5.74) is 0. The third-order valence-corrected chi connectivity index (χ3v) is 4.92. The fraction of sp³-hybridized carbons (Fsp3) is 1.00. The predicted molar refractivity (Wildman–Crippen MR) is 74.2 cm³/mol. The summed E-state index contributed by atoms with van der Waals surface area (Å²) in [6.07, 6.45) is 5.62. The first kappa shape index (κ1) is 13.4. The summed E-state index contributed by atoms with van der Waals surface area (Å²) in [7, 11) is 0. The number of nitrogens with zero attached hydrogens (tertiary/aromatic N) is 1. The van der Waals surface area contributed by atoms with Gasteiger partial charge in [0.25, 0.3) is 0 Å². The third kappa shape index (κ3) is 3.69. The van der Waals surface area contributed by atoms with Gasteiger partial charge in [0.15, 0.2) is 0 Å². The third-order valence-electron chi connectivity index (χ3n) is 4.92. The summed E-state index contributed by atoms with van der Waals surface area (Å²) in [5.74, 6) is 2.74. The van der Waals surface area contributed by atoms with Gasteiger partial charge in [-0.15, -0.1) is 0 Å². The summed E-state index contributed by atoms with van der Waals surface area (Å²) >= 11 is 0. The Hall–Kier alpha value is -0.0800. The normalized spacial score (nSPS) is 37.2. The summed E-state index contributed by atoms with van der Waals surface area (Å²) in [6.45, 7) is 12.4. The van der Waals surface area contributed by atoms with Crippen LogP contribution >= 0.6 is 0 Å². The van der Waals surface area contributed by atoms with E-state index < -0.39 is 0 Å². The van der Waals surface area contributed by atoms with Gasteiger partial charge in [-0.3, -0.25) is 0 Å².